The smallest absolute Gasteiger partial charge is 0.191 e. The number of guanidine groups is 1. The van der Waals surface area contributed by atoms with Crippen LogP contribution in [-0.4, -0.2) is 81.7 Å². The van der Waals surface area contributed by atoms with Crippen LogP contribution in [-0.2, 0) is 6.54 Å². The molecule has 0 amide bonds. The van der Waals surface area contributed by atoms with Gasteiger partial charge in [0.1, 0.15) is 0 Å². The Balaban J connectivity index is 0.00000300. The first-order chi connectivity index (χ1) is 13.6. The first-order valence-electron chi connectivity index (χ1n) is 10.5. The van der Waals surface area contributed by atoms with E-state index in [0.717, 1.165) is 55.8 Å². The Morgan fingerprint density at radius 1 is 1.17 bits per heavy atom. The Hall–Kier alpha value is -0.770. The first-order valence-corrected chi connectivity index (χ1v) is 10.9. The van der Waals surface area contributed by atoms with Gasteiger partial charge < -0.3 is 20.4 Å². The predicted molar refractivity (Wildman–Crippen MR) is 135 cm³/mol. The topological polar surface area (TPSA) is 46.1 Å². The fraction of sp³-hybridized carbons (Fsp3) is 0.667. The van der Waals surface area contributed by atoms with Crippen molar-refractivity contribution < 1.29 is 0 Å². The quantitative estimate of drug-likeness (QED) is 0.334. The van der Waals surface area contributed by atoms with E-state index >= 15 is 0 Å². The van der Waals surface area contributed by atoms with Crippen molar-refractivity contribution in [2.75, 3.05) is 64.8 Å². The van der Waals surface area contributed by atoms with E-state index in [9.17, 15) is 0 Å². The number of nitrogens with one attached hydrogen (secondary N) is 2. The molecule has 0 saturated carbocycles. The number of benzene rings is 1. The summed E-state index contributed by atoms with van der Waals surface area (Å²) in [5.74, 6) is 0.840. The number of halogens is 2. The summed E-state index contributed by atoms with van der Waals surface area (Å²) < 4.78 is 0. The zero-order valence-electron chi connectivity index (χ0n) is 18.0. The van der Waals surface area contributed by atoms with E-state index in [1.165, 1.54) is 25.1 Å². The Kier molecular flexibility index (Phi) is 10.3. The van der Waals surface area contributed by atoms with Gasteiger partial charge in [0.2, 0.25) is 0 Å². The minimum absolute atomic E-state index is 0. The van der Waals surface area contributed by atoms with Gasteiger partial charge in [0.25, 0.3) is 0 Å². The molecule has 6 nitrogen and oxygen atoms in total. The lowest BCUT2D eigenvalue weighted by Gasteiger charge is -2.35. The maximum Gasteiger partial charge on any atom is 0.191 e. The van der Waals surface area contributed by atoms with Crippen LogP contribution in [0, 0.1) is 0 Å². The molecule has 2 saturated heterocycles. The van der Waals surface area contributed by atoms with Crippen LogP contribution >= 0.6 is 35.6 Å². The summed E-state index contributed by atoms with van der Waals surface area (Å²) >= 11 is 6.58. The Morgan fingerprint density at radius 3 is 2.62 bits per heavy atom. The Bertz CT molecular complexity index is 663. The zero-order chi connectivity index (χ0) is 19.9. The van der Waals surface area contributed by atoms with Gasteiger partial charge in [-0.1, -0.05) is 24.6 Å². The molecular formula is C21H36ClIN6. The molecule has 1 aromatic carbocycles. The number of hydrogen-bond donors (Lipinski definition) is 2. The summed E-state index contributed by atoms with van der Waals surface area (Å²) in [5.41, 5.74) is 2.38. The number of anilines is 1. The van der Waals surface area contributed by atoms with Crippen molar-refractivity contribution in [3.8, 4) is 0 Å². The van der Waals surface area contributed by atoms with Crippen molar-refractivity contribution in [1.29, 1.82) is 0 Å². The first kappa shape index (κ1) is 24.5. The number of nitrogens with zero attached hydrogens (tertiary/aromatic N) is 4. The lowest BCUT2D eigenvalue weighted by molar-refractivity contribution is 0.267. The molecule has 8 heteroatoms. The van der Waals surface area contributed by atoms with E-state index in [2.05, 4.69) is 50.4 Å². The molecule has 0 radical (unpaired) electrons. The molecule has 0 bridgehead atoms. The SMILES string of the molecule is CCN1CCCC1CNC(=NC)NCc1c(Cl)cccc1N1CCN(C)CC1.I. The number of piperazine rings is 1. The molecule has 0 aliphatic carbocycles. The summed E-state index contributed by atoms with van der Waals surface area (Å²) in [5, 5.41) is 7.79. The van der Waals surface area contributed by atoms with Gasteiger partial charge in [-0.05, 0) is 45.1 Å². The Morgan fingerprint density at radius 2 is 1.93 bits per heavy atom. The third kappa shape index (κ3) is 6.60. The molecule has 2 fully saturated rings. The van der Waals surface area contributed by atoms with Crippen molar-refractivity contribution >= 4 is 47.2 Å². The van der Waals surface area contributed by atoms with E-state index in [0.29, 0.717) is 12.6 Å². The number of aliphatic imine (C=N–C) groups is 1. The molecule has 0 spiro atoms. The van der Waals surface area contributed by atoms with E-state index in [-0.39, 0.29) is 24.0 Å². The third-order valence-corrected chi connectivity index (χ3v) is 6.36. The number of hydrogen-bond acceptors (Lipinski definition) is 4. The molecule has 1 atom stereocenters. The maximum atomic E-state index is 6.58. The summed E-state index contributed by atoms with van der Waals surface area (Å²) in [4.78, 5) is 11.8. The van der Waals surface area contributed by atoms with Gasteiger partial charge in [-0.3, -0.25) is 9.89 Å². The average Bonchev–Trinajstić information content (AvgIpc) is 3.17. The van der Waals surface area contributed by atoms with Crippen LogP contribution < -0.4 is 15.5 Å². The summed E-state index contributed by atoms with van der Waals surface area (Å²) in [6.07, 6.45) is 2.55. The van der Waals surface area contributed by atoms with Crippen LogP contribution in [0.1, 0.15) is 25.3 Å². The Labute approximate surface area is 198 Å². The second kappa shape index (κ2) is 12.2. The van der Waals surface area contributed by atoms with Crippen molar-refractivity contribution in [1.82, 2.24) is 20.4 Å². The van der Waals surface area contributed by atoms with Gasteiger partial charge in [0.05, 0.1) is 0 Å². The van der Waals surface area contributed by atoms with Gasteiger partial charge in [-0.25, -0.2) is 0 Å². The number of likely N-dealkylation sites (N-methyl/N-ethyl adjacent to an activating group) is 2. The minimum Gasteiger partial charge on any atom is -0.369 e. The van der Waals surface area contributed by atoms with Crippen LogP contribution in [0.2, 0.25) is 5.02 Å². The molecular weight excluding hydrogens is 499 g/mol. The molecule has 2 aliphatic heterocycles. The molecule has 2 heterocycles. The normalized spacial score (nSPS) is 21.2. The van der Waals surface area contributed by atoms with Crippen LogP contribution in [0.3, 0.4) is 0 Å². The van der Waals surface area contributed by atoms with E-state index in [1.807, 2.05) is 19.2 Å². The van der Waals surface area contributed by atoms with E-state index in [1.54, 1.807) is 0 Å². The molecule has 1 aromatic rings. The standard InChI is InChI=1S/C21H35ClN6.HI/c1-4-27-10-6-7-17(27)15-24-21(23-2)25-16-18-19(22)8-5-9-20(18)28-13-11-26(3)12-14-28;/h5,8-9,17H,4,6-7,10-16H2,1-3H3,(H2,23,24,25);1H. The van der Waals surface area contributed by atoms with Gasteiger partial charge in [0.15, 0.2) is 5.96 Å². The minimum atomic E-state index is 0. The van der Waals surface area contributed by atoms with Gasteiger partial charge in [0, 0.05) is 68.6 Å². The molecule has 29 heavy (non-hydrogen) atoms. The fourth-order valence-electron chi connectivity index (χ4n) is 4.22. The van der Waals surface area contributed by atoms with Crippen molar-refractivity contribution in [2.24, 2.45) is 4.99 Å². The highest BCUT2D eigenvalue weighted by Crippen LogP contribution is 2.28. The largest absolute Gasteiger partial charge is 0.369 e. The fourth-order valence-corrected chi connectivity index (χ4v) is 4.45. The van der Waals surface area contributed by atoms with Gasteiger partial charge >= 0.3 is 0 Å². The number of likely N-dealkylation sites (tertiary alicyclic amines) is 1. The van der Waals surface area contributed by atoms with E-state index in [4.69, 9.17) is 11.6 Å². The maximum absolute atomic E-state index is 6.58. The predicted octanol–water partition coefficient (Wildman–Crippen LogP) is 2.86. The van der Waals surface area contributed by atoms with Crippen LogP contribution in [0.25, 0.3) is 0 Å². The molecule has 3 rings (SSSR count). The van der Waals surface area contributed by atoms with Gasteiger partial charge in [-0.15, -0.1) is 24.0 Å². The lowest BCUT2D eigenvalue weighted by atomic mass is 10.1. The average molecular weight is 535 g/mol. The van der Waals surface area contributed by atoms with Gasteiger partial charge in [-0.2, -0.15) is 0 Å². The molecule has 0 aromatic heterocycles. The number of rotatable bonds is 6. The summed E-state index contributed by atoms with van der Waals surface area (Å²) in [6.45, 7) is 10.4. The molecule has 1 unspecified atom stereocenters. The van der Waals surface area contributed by atoms with Crippen molar-refractivity contribution in [3.05, 3.63) is 28.8 Å². The second-order valence-electron chi connectivity index (χ2n) is 7.76. The third-order valence-electron chi connectivity index (χ3n) is 6.00. The molecule has 2 aliphatic rings. The lowest BCUT2D eigenvalue weighted by Crippen LogP contribution is -2.46. The van der Waals surface area contributed by atoms with Crippen LogP contribution in [0.4, 0.5) is 5.69 Å². The van der Waals surface area contributed by atoms with Crippen molar-refractivity contribution in [3.63, 3.8) is 0 Å². The second-order valence-corrected chi connectivity index (χ2v) is 8.17. The molecule has 164 valence electrons. The zero-order valence-corrected chi connectivity index (χ0v) is 21.0. The highest BCUT2D eigenvalue weighted by atomic mass is 127. The van der Waals surface area contributed by atoms with Crippen LogP contribution in [0.15, 0.2) is 23.2 Å². The van der Waals surface area contributed by atoms with E-state index < -0.39 is 0 Å². The highest BCUT2D eigenvalue weighted by molar-refractivity contribution is 14.0. The molecule has 2 N–H and O–H groups in total. The monoisotopic (exact) mass is 534 g/mol. The summed E-state index contributed by atoms with van der Waals surface area (Å²) in [7, 11) is 4.01. The van der Waals surface area contributed by atoms with Crippen LogP contribution in [0.5, 0.6) is 0 Å². The van der Waals surface area contributed by atoms with Crippen molar-refractivity contribution in [2.45, 2.75) is 32.4 Å². The summed E-state index contributed by atoms with van der Waals surface area (Å²) in [6, 6.07) is 6.81. The highest BCUT2D eigenvalue weighted by Gasteiger charge is 2.23.